The molecule has 2 aromatic heterocycles. The summed E-state index contributed by atoms with van der Waals surface area (Å²) in [4.78, 5) is 29.7. The van der Waals surface area contributed by atoms with Crippen LogP contribution in [0, 0.1) is 6.92 Å². The molecule has 0 radical (unpaired) electrons. The van der Waals surface area contributed by atoms with Crippen molar-refractivity contribution in [1.29, 1.82) is 0 Å². The van der Waals surface area contributed by atoms with E-state index in [-0.39, 0.29) is 12.3 Å². The number of hydrazine groups is 1. The van der Waals surface area contributed by atoms with Crippen LogP contribution in [-0.2, 0) is 11.2 Å². The average molecular weight is 492 g/mol. The van der Waals surface area contributed by atoms with Crippen molar-refractivity contribution < 1.29 is 14.0 Å². The van der Waals surface area contributed by atoms with E-state index in [0.29, 0.717) is 29.3 Å². The Balaban J connectivity index is 1.23. The molecule has 0 unspecified atom stereocenters. The lowest BCUT2D eigenvalue weighted by Crippen LogP contribution is -2.41. The first-order valence-corrected chi connectivity index (χ1v) is 11.9. The van der Waals surface area contributed by atoms with E-state index in [1.54, 1.807) is 17.1 Å². The van der Waals surface area contributed by atoms with Crippen LogP contribution in [0.4, 0.5) is 0 Å². The largest absolute Gasteiger partial charge is 0.441 e. The molecule has 0 saturated heterocycles. The Kier molecular flexibility index (Phi) is 6.89. The number of amides is 2. The second-order valence-electron chi connectivity index (χ2n) is 8.52. The minimum Gasteiger partial charge on any atom is -0.441 e. The van der Waals surface area contributed by atoms with Crippen molar-refractivity contribution in [3.8, 4) is 28.3 Å². The minimum absolute atomic E-state index is 0.100. The number of rotatable bonds is 7. The van der Waals surface area contributed by atoms with Gasteiger partial charge in [0.05, 0.1) is 17.4 Å². The van der Waals surface area contributed by atoms with Crippen LogP contribution in [0.25, 0.3) is 28.3 Å². The maximum atomic E-state index is 13.0. The van der Waals surface area contributed by atoms with E-state index in [0.717, 1.165) is 22.4 Å². The molecular weight excluding hydrogens is 466 g/mol. The van der Waals surface area contributed by atoms with Gasteiger partial charge < -0.3 is 4.42 Å². The van der Waals surface area contributed by atoms with Crippen LogP contribution < -0.4 is 10.9 Å². The van der Waals surface area contributed by atoms with Crippen molar-refractivity contribution in [1.82, 2.24) is 25.6 Å². The molecule has 0 fully saturated rings. The fourth-order valence-corrected chi connectivity index (χ4v) is 3.82. The smallest absolute Gasteiger partial charge is 0.273 e. The molecule has 0 atom stereocenters. The summed E-state index contributed by atoms with van der Waals surface area (Å²) in [5, 5.41) is 4.63. The maximum Gasteiger partial charge on any atom is 0.273 e. The van der Waals surface area contributed by atoms with Crippen molar-refractivity contribution in [2.24, 2.45) is 0 Å². The predicted molar refractivity (Wildman–Crippen MR) is 140 cm³/mol. The number of aromatic nitrogens is 3. The van der Waals surface area contributed by atoms with Gasteiger partial charge in [-0.1, -0.05) is 78.4 Å². The zero-order valence-corrected chi connectivity index (χ0v) is 20.2. The van der Waals surface area contributed by atoms with Crippen LogP contribution in [0.3, 0.4) is 0 Å². The van der Waals surface area contributed by atoms with E-state index in [1.165, 1.54) is 0 Å². The molecule has 0 aliphatic rings. The number of para-hydroxylation sites is 1. The van der Waals surface area contributed by atoms with Crippen molar-refractivity contribution in [3.63, 3.8) is 0 Å². The molecule has 8 nitrogen and oxygen atoms in total. The Morgan fingerprint density at radius 1 is 0.865 bits per heavy atom. The van der Waals surface area contributed by atoms with Gasteiger partial charge in [-0.05, 0) is 19.1 Å². The van der Waals surface area contributed by atoms with Gasteiger partial charge in [0, 0.05) is 30.2 Å². The highest BCUT2D eigenvalue weighted by Gasteiger charge is 2.19. The van der Waals surface area contributed by atoms with E-state index in [9.17, 15) is 9.59 Å². The Labute approximate surface area is 213 Å². The molecule has 37 heavy (non-hydrogen) atoms. The molecule has 3 aromatic carbocycles. The molecule has 2 N–H and O–H groups in total. The molecule has 2 amide bonds. The van der Waals surface area contributed by atoms with Crippen LogP contribution in [0.15, 0.2) is 102 Å². The highest BCUT2D eigenvalue weighted by Crippen LogP contribution is 2.24. The van der Waals surface area contributed by atoms with Gasteiger partial charge in [0.15, 0.2) is 11.7 Å². The molecular formula is C29H25N5O3. The first-order valence-electron chi connectivity index (χ1n) is 11.9. The van der Waals surface area contributed by atoms with Crippen LogP contribution in [-0.4, -0.2) is 26.6 Å². The quantitative estimate of drug-likeness (QED) is 0.316. The zero-order chi connectivity index (χ0) is 25.6. The van der Waals surface area contributed by atoms with Gasteiger partial charge in [-0.3, -0.25) is 20.4 Å². The molecule has 184 valence electrons. The number of nitrogens with zero attached hydrogens (tertiary/aromatic N) is 3. The molecule has 0 spiro atoms. The minimum atomic E-state index is -0.466. The first-order chi connectivity index (χ1) is 18.1. The van der Waals surface area contributed by atoms with Gasteiger partial charge in [0.1, 0.15) is 5.69 Å². The molecule has 2 heterocycles. The number of nitrogens with one attached hydrogen (secondary N) is 2. The zero-order valence-electron chi connectivity index (χ0n) is 20.2. The maximum absolute atomic E-state index is 13.0. The van der Waals surface area contributed by atoms with Gasteiger partial charge in [0.2, 0.25) is 5.91 Å². The van der Waals surface area contributed by atoms with E-state index in [1.807, 2.05) is 91.9 Å². The SMILES string of the molecule is Cc1ccc(-c2cnc(CCC(=O)NNC(=O)c3cn(-c4ccccc4)nc3-c3ccccc3)o2)cc1. The third-order valence-corrected chi connectivity index (χ3v) is 5.80. The number of carbonyl (C=O) groups is 2. The number of oxazole rings is 1. The number of carbonyl (C=O) groups excluding carboxylic acids is 2. The topological polar surface area (TPSA) is 102 Å². The molecule has 8 heteroatoms. The Morgan fingerprint density at radius 3 is 2.30 bits per heavy atom. The summed E-state index contributed by atoms with van der Waals surface area (Å²) in [5.74, 6) is 0.271. The lowest BCUT2D eigenvalue weighted by Gasteiger charge is -2.07. The van der Waals surface area contributed by atoms with Crippen LogP contribution in [0.1, 0.15) is 28.2 Å². The van der Waals surface area contributed by atoms with Gasteiger partial charge in [0.25, 0.3) is 5.91 Å². The Morgan fingerprint density at radius 2 is 1.57 bits per heavy atom. The summed E-state index contributed by atoms with van der Waals surface area (Å²) in [6.07, 6.45) is 3.70. The van der Waals surface area contributed by atoms with E-state index >= 15 is 0 Å². The Bertz CT molecular complexity index is 1510. The summed E-state index contributed by atoms with van der Waals surface area (Å²) in [6.45, 7) is 2.02. The van der Waals surface area contributed by atoms with Crippen molar-refractivity contribution in [2.45, 2.75) is 19.8 Å². The molecule has 0 saturated carbocycles. The highest BCUT2D eigenvalue weighted by atomic mass is 16.4. The third kappa shape index (κ3) is 5.65. The van der Waals surface area contributed by atoms with Crippen LogP contribution >= 0.6 is 0 Å². The number of hydrogen-bond donors (Lipinski definition) is 2. The molecule has 5 rings (SSSR count). The van der Waals surface area contributed by atoms with Crippen LogP contribution in [0.2, 0.25) is 0 Å². The third-order valence-electron chi connectivity index (χ3n) is 5.80. The van der Waals surface area contributed by atoms with E-state index < -0.39 is 5.91 Å². The van der Waals surface area contributed by atoms with Crippen LogP contribution in [0.5, 0.6) is 0 Å². The van der Waals surface area contributed by atoms with Gasteiger partial charge in [-0.2, -0.15) is 5.10 Å². The first kappa shape index (κ1) is 23.7. The number of hydrogen-bond acceptors (Lipinski definition) is 5. The summed E-state index contributed by atoms with van der Waals surface area (Å²) in [7, 11) is 0. The monoisotopic (exact) mass is 491 g/mol. The van der Waals surface area contributed by atoms with Gasteiger partial charge in [-0.25, -0.2) is 9.67 Å². The normalized spacial score (nSPS) is 10.7. The fourth-order valence-electron chi connectivity index (χ4n) is 3.82. The highest BCUT2D eigenvalue weighted by molar-refractivity contribution is 6.00. The number of benzene rings is 3. The lowest BCUT2D eigenvalue weighted by atomic mass is 10.1. The number of aryl methyl sites for hydroxylation is 2. The molecule has 0 bridgehead atoms. The lowest BCUT2D eigenvalue weighted by molar-refractivity contribution is -0.121. The second-order valence-corrected chi connectivity index (χ2v) is 8.52. The van der Waals surface area contributed by atoms with E-state index in [2.05, 4.69) is 20.9 Å². The fraction of sp³-hybridized carbons (Fsp3) is 0.103. The summed E-state index contributed by atoms with van der Waals surface area (Å²) >= 11 is 0. The van der Waals surface area contributed by atoms with Crippen molar-refractivity contribution >= 4 is 11.8 Å². The second kappa shape index (κ2) is 10.7. The standard InChI is InChI=1S/C29H25N5O3/c1-20-12-14-21(15-13-20)25-18-30-27(37-25)17-16-26(35)31-32-29(36)24-19-34(23-10-6-3-7-11-23)33-28(24)22-8-4-2-5-9-22/h2-15,18-19H,16-17H2,1H3,(H,31,35)(H,32,36). The Hall–Kier alpha value is -4.98. The summed E-state index contributed by atoms with van der Waals surface area (Å²) in [6, 6.07) is 26.9. The molecule has 0 aliphatic carbocycles. The van der Waals surface area contributed by atoms with Gasteiger partial charge >= 0.3 is 0 Å². The predicted octanol–water partition coefficient (Wildman–Crippen LogP) is 4.90. The molecule has 5 aromatic rings. The molecule has 0 aliphatic heterocycles. The van der Waals surface area contributed by atoms with Crippen molar-refractivity contribution in [3.05, 3.63) is 114 Å². The average Bonchev–Trinajstić information content (AvgIpc) is 3.60. The van der Waals surface area contributed by atoms with Crippen molar-refractivity contribution in [2.75, 3.05) is 0 Å². The summed E-state index contributed by atoms with van der Waals surface area (Å²) in [5.41, 5.74) is 9.53. The summed E-state index contributed by atoms with van der Waals surface area (Å²) < 4.78 is 7.42. The van der Waals surface area contributed by atoms with Gasteiger partial charge in [-0.15, -0.1) is 0 Å². The van der Waals surface area contributed by atoms with E-state index in [4.69, 9.17) is 4.42 Å².